The van der Waals surface area contributed by atoms with Crippen LogP contribution in [0.1, 0.15) is 99.6 Å². The van der Waals surface area contributed by atoms with Gasteiger partial charge >= 0.3 is 12.1 Å². The molecule has 234 valence electrons. The topological polar surface area (TPSA) is 163 Å². The first-order chi connectivity index (χ1) is 20.0. The summed E-state index contributed by atoms with van der Waals surface area (Å²) in [5, 5.41) is 22.6. The summed E-state index contributed by atoms with van der Waals surface area (Å²) in [6.45, 7) is 14.9. The largest absolute Gasteiger partial charge is 0.480 e. The van der Waals surface area contributed by atoms with E-state index in [0.29, 0.717) is 42.9 Å². The summed E-state index contributed by atoms with van der Waals surface area (Å²) in [4.78, 5) is 24.2. The van der Waals surface area contributed by atoms with Crippen molar-refractivity contribution < 1.29 is 27.9 Å². The van der Waals surface area contributed by atoms with E-state index in [-0.39, 0.29) is 40.2 Å². The van der Waals surface area contributed by atoms with Crippen molar-refractivity contribution in [3.05, 3.63) is 63.7 Å². The van der Waals surface area contributed by atoms with Crippen LogP contribution in [-0.2, 0) is 30.7 Å². The van der Waals surface area contributed by atoms with E-state index in [9.17, 15) is 20.0 Å². The number of amides is 1. The van der Waals surface area contributed by atoms with Crippen LogP contribution in [0.4, 0.5) is 4.79 Å². The number of carboxylic acids is 1. The van der Waals surface area contributed by atoms with Gasteiger partial charge in [-0.3, -0.25) is 4.79 Å². The Kier molecular flexibility index (Phi) is 10.6. The third kappa shape index (κ3) is 7.03. The number of ether oxygens (including phenoxy) is 1. The lowest BCUT2D eigenvalue weighted by molar-refractivity contribution is -0.138. The van der Waals surface area contributed by atoms with Gasteiger partial charge in [0.15, 0.2) is 0 Å². The van der Waals surface area contributed by atoms with Crippen LogP contribution in [0, 0.1) is 11.3 Å². The molecule has 11 heteroatoms. The molecule has 0 radical (unpaired) electrons. The average molecular weight is 613 g/mol. The summed E-state index contributed by atoms with van der Waals surface area (Å²) in [6.07, 6.45) is -0.871. The van der Waals surface area contributed by atoms with E-state index in [2.05, 4.69) is 11.4 Å². The van der Waals surface area contributed by atoms with E-state index in [1.807, 2.05) is 53.7 Å². The third-order valence-corrected chi connectivity index (χ3v) is 10.3. The van der Waals surface area contributed by atoms with Gasteiger partial charge in [0.2, 0.25) is 14.8 Å². The highest BCUT2D eigenvalue weighted by atomic mass is 32.2. The minimum Gasteiger partial charge on any atom is -0.480 e. The fraction of sp³-hybridized carbons (Fsp3) is 0.531. The van der Waals surface area contributed by atoms with Crippen LogP contribution >= 0.6 is 0 Å². The average Bonchev–Trinajstić information content (AvgIpc) is 2.96. The van der Waals surface area contributed by atoms with E-state index in [4.69, 9.17) is 10.5 Å². The van der Waals surface area contributed by atoms with E-state index < -0.39 is 32.9 Å². The number of nitrogens with two attached hydrogens (primary N) is 1. The van der Waals surface area contributed by atoms with Crippen molar-refractivity contribution in [3.63, 3.8) is 0 Å². The number of nitrogens with one attached hydrogen (secondary N) is 1. The maximum atomic E-state index is 15.1. The summed E-state index contributed by atoms with van der Waals surface area (Å²) in [7, 11) is -4.52. The van der Waals surface area contributed by atoms with Crippen molar-refractivity contribution in [3.8, 4) is 6.07 Å². The molecule has 1 saturated heterocycles. The molecule has 2 atom stereocenters. The quantitative estimate of drug-likeness (QED) is 0.349. The van der Waals surface area contributed by atoms with Crippen LogP contribution in [0.15, 0.2) is 35.2 Å². The normalized spacial score (nSPS) is 16.2. The number of aliphatic carboxylic acids is 1. The summed E-state index contributed by atoms with van der Waals surface area (Å²) in [5.41, 5.74) is 8.33. The fourth-order valence-electron chi connectivity index (χ4n) is 5.28. The summed E-state index contributed by atoms with van der Waals surface area (Å²) >= 11 is 0. The first-order valence-corrected chi connectivity index (χ1v) is 16.2. The molecule has 3 rings (SSSR count). The summed E-state index contributed by atoms with van der Waals surface area (Å²) in [6, 6.07) is 9.04. The van der Waals surface area contributed by atoms with Gasteiger partial charge in [-0.25, -0.2) is 13.2 Å². The third-order valence-electron chi connectivity index (χ3n) is 7.98. The zero-order valence-corrected chi connectivity index (χ0v) is 26.9. The Morgan fingerprint density at radius 1 is 1.05 bits per heavy atom. The SMILES string of the molecule is CC(C)c1cc(C(C)C)c(S(=O)(=O)C(C)(OC(=O)N2CCNCC2)c2ccc(C[C@H](N)C(=O)O)cc2C#N)c(C(C)C)c1. The van der Waals surface area contributed by atoms with E-state index in [0.717, 1.165) is 5.56 Å². The summed E-state index contributed by atoms with van der Waals surface area (Å²) in [5.74, 6) is -1.40. The molecule has 0 aromatic heterocycles. The van der Waals surface area contributed by atoms with Crippen LogP contribution < -0.4 is 11.1 Å². The van der Waals surface area contributed by atoms with Crippen molar-refractivity contribution in [1.29, 1.82) is 5.26 Å². The Hall–Kier alpha value is -3.46. The minimum atomic E-state index is -4.52. The number of nitriles is 1. The molecule has 1 amide bonds. The van der Waals surface area contributed by atoms with Crippen LogP contribution in [-0.4, -0.2) is 62.7 Å². The number of nitrogens with zero attached hydrogens (tertiary/aromatic N) is 2. The molecule has 1 heterocycles. The second-order valence-corrected chi connectivity index (χ2v) is 14.4. The molecule has 2 aromatic carbocycles. The Labute approximate surface area is 255 Å². The van der Waals surface area contributed by atoms with E-state index in [1.54, 1.807) is 0 Å². The standard InChI is InChI=1S/C32H44N4O6S/c1-19(2)23-16-25(20(3)4)29(26(17-23)21(5)6)43(40,41)32(7,42-31(39)36-12-10-35-11-13-36)27-9-8-22(14-24(27)18-33)15-28(34)30(37)38/h8-9,14,16-17,19-21,28,35H,10-13,15,34H2,1-7H3,(H,37,38)/t28-,32?/m0/s1. The second kappa shape index (κ2) is 13.5. The number of hydrogen-bond donors (Lipinski definition) is 3. The number of carbonyl (C=O) groups excluding carboxylic acids is 1. The highest BCUT2D eigenvalue weighted by Crippen LogP contribution is 2.45. The molecule has 1 aliphatic heterocycles. The molecule has 4 N–H and O–H groups in total. The van der Waals surface area contributed by atoms with E-state index >= 15 is 8.42 Å². The molecule has 1 aliphatic rings. The Morgan fingerprint density at radius 3 is 2.07 bits per heavy atom. The number of piperazine rings is 1. The summed E-state index contributed by atoms with van der Waals surface area (Å²) < 4.78 is 36.3. The van der Waals surface area contributed by atoms with Crippen molar-refractivity contribution in [2.45, 2.75) is 88.5 Å². The van der Waals surface area contributed by atoms with Gasteiger partial charge in [-0.05, 0) is 59.4 Å². The highest BCUT2D eigenvalue weighted by molar-refractivity contribution is 7.92. The molecule has 0 spiro atoms. The van der Waals surface area contributed by atoms with Gasteiger partial charge in [0.25, 0.3) is 0 Å². The predicted molar refractivity (Wildman–Crippen MR) is 165 cm³/mol. The molecule has 0 saturated carbocycles. The molecule has 1 unspecified atom stereocenters. The lowest BCUT2D eigenvalue weighted by Gasteiger charge is -2.36. The number of sulfone groups is 1. The Bertz CT molecular complexity index is 1480. The molecule has 1 fully saturated rings. The van der Waals surface area contributed by atoms with Crippen molar-refractivity contribution in [2.24, 2.45) is 5.73 Å². The zero-order valence-electron chi connectivity index (χ0n) is 26.1. The fourth-order valence-corrected chi connectivity index (χ4v) is 7.52. The zero-order chi connectivity index (χ0) is 32.3. The maximum Gasteiger partial charge on any atom is 0.411 e. The first kappa shape index (κ1) is 34.0. The number of hydrogen-bond acceptors (Lipinski definition) is 8. The highest BCUT2D eigenvalue weighted by Gasteiger charge is 2.50. The monoisotopic (exact) mass is 612 g/mol. The molecular weight excluding hydrogens is 568 g/mol. The lowest BCUT2D eigenvalue weighted by atomic mass is 9.89. The van der Waals surface area contributed by atoms with Crippen molar-refractivity contribution >= 4 is 21.9 Å². The van der Waals surface area contributed by atoms with Gasteiger partial charge in [0.1, 0.15) is 6.04 Å². The molecule has 2 aromatic rings. The van der Waals surface area contributed by atoms with Crippen molar-refractivity contribution in [2.75, 3.05) is 26.2 Å². The molecule has 0 aliphatic carbocycles. The number of rotatable bonds is 10. The van der Waals surface area contributed by atoms with Crippen LogP contribution in [0.25, 0.3) is 0 Å². The first-order valence-electron chi connectivity index (χ1n) is 14.7. The smallest absolute Gasteiger partial charge is 0.411 e. The van der Waals surface area contributed by atoms with Gasteiger partial charge in [-0.2, -0.15) is 5.26 Å². The second-order valence-electron chi connectivity index (χ2n) is 12.2. The van der Waals surface area contributed by atoms with Crippen LogP contribution in [0.2, 0.25) is 0 Å². The Balaban J connectivity index is 2.35. The molecule has 0 bridgehead atoms. The maximum absolute atomic E-state index is 15.1. The number of carboxylic acid groups (broad SMARTS) is 1. The van der Waals surface area contributed by atoms with Gasteiger partial charge < -0.3 is 25.8 Å². The van der Waals surface area contributed by atoms with Crippen LogP contribution in [0.5, 0.6) is 0 Å². The predicted octanol–water partition coefficient (Wildman–Crippen LogP) is 4.57. The van der Waals surface area contributed by atoms with Gasteiger partial charge in [-0.1, -0.05) is 65.8 Å². The number of carbonyl (C=O) groups is 2. The number of benzene rings is 2. The Morgan fingerprint density at radius 2 is 1.60 bits per heavy atom. The molecular formula is C32H44N4O6S. The van der Waals surface area contributed by atoms with Crippen LogP contribution in [0.3, 0.4) is 0 Å². The van der Waals surface area contributed by atoms with Gasteiger partial charge in [0, 0.05) is 31.7 Å². The minimum absolute atomic E-state index is 0.0107. The van der Waals surface area contributed by atoms with Gasteiger partial charge in [-0.15, -0.1) is 0 Å². The van der Waals surface area contributed by atoms with Crippen molar-refractivity contribution in [1.82, 2.24) is 10.2 Å². The van der Waals surface area contributed by atoms with Gasteiger partial charge in [0.05, 0.1) is 16.5 Å². The molecule has 43 heavy (non-hydrogen) atoms. The molecule has 10 nitrogen and oxygen atoms in total. The lowest BCUT2D eigenvalue weighted by Crippen LogP contribution is -2.50. The van der Waals surface area contributed by atoms with E-state index in [1.165, 1.54) is 30.0 Å².